The molecule has 0 radical (unpaired) electrons. The first-order valence-electron chi connectivity index (χ1n) is 9.23. The van der Waals surface area contributed by atoms with Gasteiger partial charge in [-0.3, -0.25) is 4.79 Å². The Morgan fingerprint density at radius 2 is 1.88 bits per heavy atom. The lowest BCUT2D eigenvalue weighted by Crippen LogP contribution is -3.19. The van der Waals surface area contributed by atoms with Gasteiger partial charge in [-0.15, -0.1) is 0 Å². The van der Waals surface area contributed by atoms with Crippen molar-refractivity contribution in [2.45, 2.75) is 39.0 Å². The van der Waals surface area contributed by atoms with Gasteiger partial charge in [0, 0.05) is 23.8 Å². The molecule has 1 aromatic carbocycles. The highest BCUT2D eigenvalue weighted by molar-refractivity contribution is 6.30. The average molecular weight is 367 g/mol. The van der Waals surface area contributed by atoms with Crippen LogP contribution in [0.2, 0.25) is 5.02 Å². The molecule has 2 aliphatic heterocycles. The number of benzene rings is 1. The van der Waals surface area contributed by atoms with Crippen LogP contribution >= 0.6 is 11.6 Å². The molecule has 0 saturated carbocycles. The monoisotopic (exact) mass is 366 g/mol. The zero-order valence-electron chi connectivity index (χ0n) is 15.4. The van der Waals surface area contributed by atoms with Crippen molar-refractivity contribution in [1.82, 2.24) is 4.90 Å². The summed E-state index contributed by atoms with van der Waals surface area (Å²) in [6, 6.07) is 8.00. The number of carbonyl (C=O) groups excluding carboxylic acids is 1. The van der Waals surface area contributed by atoms with E-state index in [9.17, 15) is 4.79 Å². The summed E-state index contributed by atoms with van der Waals surface area (Å²) in [4.78, 5) is 18.6. The number of hydrogen-bond donors (Lipinski definition) is 1. The molecule has 2 fully saturated rings. The van der Waals surface area contributed by atoms with E-state index in [0.29, 0.717) is 13.1 Å². The standard InChI is InChI=1S/C19H28ClN3O2/c1-14-12-23(13-15(2)25-14)19(24)16(3)21-7-9-22(10-8-21)18-6-4-5-17(20)11-18/h4-6,11,14-16H,7-10,12-13H2,1-3H3/p+1/t14-,15-,16-/m1/s1. The Kier molecular flexibility index (Phi) is 5.87. The van der Waals surface area contributed by atoms with Crippen LogP contribution in [0, 0.1) is 0 Å². The smallest absolute Gasteiger partial charge is 0.280 e. The van der Waals surface area contributed by atoms with Crippen LogP contribution in [0.4, 0.5) is 5.69 Å². The largest absolute Gasteiger partial charge is 0.372 e. The second kappa shape index (κ2) is 7.94. The van der Waals surface area contributed by atoms with Gasteiger partial charge in [0.15, 0.2) is 6.04 Å². The Hall–Kier alpha value is -1.30. The molecule has 25 heavy (non-hydrogen) atoms. The Labute approximate surface area is 155 Å². The van der Waals surface area contributed by atoms with Gasteiger partial charge in [-0.2, -0.15) is 0 Å². The van der Waals surface area contributed by atoms with Crippen molar-refractivity contribution in [1.29, 1.82) is 0 Å². The summed E-state index contributed by atoms with van der Waals surface area (Å²) in [5, 5.41) is 0.770. The molecule has 2 heterocycles. The molecule has 3 rings (SSSR count). The number of rotatable bonds is 3. The van der Waals surface area contributed by atoms with Crippen molar-refractivity contribution < 1.29 is 14.4 Å². The summed E-state index contributed by atoms with van der Waals surface area (Å²) >= 11 is 6.10. The predicted molar refractivity (Wildman–Crippen MR) is 100 cm³/mol. The summed E-state index contributed by atoms with van der Waals surface area (Å²) in [5.41, 5.74) is 1.17. The van der Waals surface area contributed by atoms with Crippen molar-refractivity contribution in [2.24, 2.45) is 0 Å². The van der Waals surface area contributed by atoms with E-state index in [1.807, 2.05) is 36.9 Å². The molecule has 0 aliphatic carbocycles. The molecular weight excluding hydrogens is 338 g/mol. The van der Waals surface area contributed by atoms with Crippen molar-refractivity contribution in [3.63, 3.8) is 0 Å². The number of nitrogens with zero attached hydrogens (tertiary/aromatic N) is 2. The third-order valence-corrected chi connectivity index (χ3v) is 5.53. The highest BCUT2D eigenvalue weighted by Crippen LogP contribution is 2.19. The molecule has 138 valence electrons. The lowest BCUT2D eigenvalue weighted by Gasteiger charge is -2.40. The maximum Gasteiger partial charge on any atom is 0.280 e. The topological polar surface area (TPSA) is 37.2 Å². The SMILES string of the molecule is C[C@@H]1CN(C(=O)[C@@H](C)[NH+]2CCN(c3cccc(Cl)c3)CC2)C[C@@H](C)O1. The Morgan fingerprint density at radius 3 is 2.48 bits per heavy atom. The van der Waals surface area contributed by atoms with Crippen LogP contribution in [0.5, 0.6) is 0 Å². The number of halogens is 1. The fourth-order valence-electron chi connectivity index (χ4n) is 3.96. The van der Waals surface area contributed by atoms with Crippen molar-refractivity contribution in [3.8, 4) is 0 Å². The molecule has 6 heteroatoms. The first-order valence-corrected chi connectivity index (χ1v) is 9.61. The van der Waals surface area contributed by atoms with Gasteiger partial charge in [0.2, 0.25) is 0 Å². The Morgan fingerprint density at radius 1 is 1.24 bits per heavy atom. The summed E-state index contributed by atoms with van der Waals surface area (Å²) in [6.07, 6.45) is 0.240. The fourth-order valence-corrected chi connectivity index (χ4v) is 4.15. The predicted octanol–water partition coefficient (Wildman–Crippen LogP) is 1.07. The van der Waals surface area contributed by atoms with Gasteiger partial charge in [0.05, 0.1) is 38.4 Å². The lowest BCUT2D eigenvalue weighted by molar-refractivity contribution is -0.915. The number of nitrogens with one attached hydrogen (secondary N) is 1. The van der Waals surface area contributed by atoms with E-state index < -0.39 is 0 Å². The van der Waals surface area contributed by atoms with E-state index in [1.54, 1.807) is 0 Å². The minimum atomic E-state index is -0.000915. The molecule has 0 aromatic heterocycles. The number of ether oxygens (including phenoxy) is 1. The van der Waals surface area contributed by atoms with E-state index in [2.05, 4.69) is 17.9 Å². The third-order valence-electron chi connectivity index (χ3n) is 5.29. The second-order valence-corrected chi connectivity index (χ2v) is 7.78. The number of piperazine rings is 1. The van der Waals surface area contributed by atoms with E-state index in [4.69, 9.17) is 16.3 Å². The minimum Gasteiger partial charge on any atom is -0.372 e. The molecule has 1 N–H and O–H groups in total. The number of amides is 1. The van der Waals surface area contributed by atoms with Crippen LogP contribution in [0.15, 0.2) is 24.3 Å². The highest BCUT2D eigenvalue weighted by Gasteiger charge is 2.35. The number of quaternary nitrogens is 1. The van der Waals surface area contributed by atoms with Crippen LogP contribution in [0.3, 0.4) is 0 Å². The second-order valence-electron chi connectivity index (χ2n) is 7.35. The van der Waals surface area contributed by atoms with Gasteiger partial charge >= 0.3 is 0 Å². The van der Waals surface area contributed by atoms with E-state index >= 15 is 0 Å². The number of hydrogen-bond acceptors (Lipinski definition) is 3. The lowest BCUT2D eigenvalue weighted by atomic mass is 10.1. The Bertz CT molecular complexity index is 594. The Balaban J connectivity index is 1.56. The van der Waals surface area contributed by atoms with Gasteiger partial charge in [-0.1, -0.05) is 17.7 Å². The summed E-state index contributed by atoms with van der Waals surface area (Å²) in [7, 11) is 0. The number of carbonyl (C=O) groups is 1. The molecule has 2 aliphatic rings. The van der Waals surface area contributed by atoms with Crippen LogP contribution < -0.4 is 9.80 Å². The molecule has 5 nitrogen and oxygen atoms in total. The van der Waals surface area contributed by atoms with E-state index in [1.165, 1.54) is 10.6 Å². The van der Waals surface area contributed by atoms with E-state index in [-0.39, 0.29) is 24.2 Å². The third kappa shape index (κ3) is 4.46. The molecular formula is C19H29ClN3O2+. The maximum atomic E-state index is 12.9. The van der Waals surface area contributed by atoms with Gasteiger partial charge in [0.25, 0.3) is 5.91 Å². The van der Waals surface area contributed by atoms with E-state index in [0.717, 1.165) is 31.2 Å². The van der Waals surface area contributed by atoms with Gasteiger partial charge < -0.3 is 19.4 Å². The molecule has 1 aromatic rings. The number of morpholine rings is 1. The molecule has 0 spiro atoms. The molecule has 1 amide bonds. The molecule has 0 bridgehead atoms. The van der Waals surface area contributed by atoms with Gasteiger partial charge in [0.1, 0.15) is 0 Å². The fraction of sp³-hybridized carbons (Fsp3) is 0.632. The van der Waals surface area contributed by atoms with Gasteiger partial charge in [-0.25, -0.2) is 0 Å². The minimum absolute atomic E-state index is 0.000915. The van der Waals surface area contributed by atoms with Crippen molar-refractivity contribution in [3.05, 3.63) is 29.3 Å². The normalized spacial score (nSPS) is 26.6. The first-order chi connectivity index (χ1) is 11.9. The van der Waals surface area contributed by atoms with Crippen LogP contribution in [-0.2, 0) is 9.53 Å². The molecule has 0 unspecified atom stereocenters. The highest BCUT2D eigenvalue weighted by atomic mass is 35.5. The number of anilines is 1. The summed E-state index contributed by atoms with van der Waals surface area (Å²) in [5.74, 6) is 0.258. The molecule has 3 atom stereocenters. The van der Waals surface area contributed by atoms with Crippen LogP contribution in [0.1, 0.15) is 20.8 Å². The summed E-state index contributed by atoms with van der Waals surface area (Å²) in [6.45, 7) is 11.4. The van der Waals surface area contributed by atoms with Crippen molar-refractivity contribution in [2.75, 3.05) is 44.2 Å². The van der Waals surface area contributed by atoms with Crippen LogP contribution in [-0.4, -0.2) is 68.3 Å². The zero-order valence-corrected chi connectivity index (χ0v) is 16.1. The first kappa shape index (κ1) is 18.5. The quantitative estimate of drug-likeness (QED) is 0.869. The summed E-state index contributed by atoms with van der Waals surface area (Å²) < 4.78 is 5.75. The van der Waals surface area contributed by atoms with Crippen LogP contribution in [0.25, 0.3) is 0 Å². The average Bonchev–Trinajstić information content (AvgIpc) is 2.60. The van der Waals surface area contributed by atoms with Gasteiger partial charge in [-0.05, 0) is 39.0 Å². The van der Waals surface area contributed by atoms with Crippen molar-refractivity contribution >= 4 is 23.2 Å². The zero-order chi connectivity index (χ0) is 18.0. The molecule has 2 saturated heterocycles. The maximum absolute atomic E-state index is 12.9.